The summed E-state index contributed by atoms with van der Waals surface area (Å²) in [5.74, 6) is 0. The van der Waals surface area contributed by atoms with Crippen LogP contribution in [0.3, 0.4) is 0 Å². The van der Waals surface area contributed by atoms with Gasteiger partial charge in [0.05, 0.1) is 13.2 Å². The average molecular weight is 595 g/mol. The third kappa shape index (κ3) is 39.9. The molecule has 0 radical (unpaired) electrons. The Bertz CT molecular complexity index is 544. The van der Waals surface area contributed by atoms with E-state index in [1.54, 1.807) is 0 Å². The van der Waals surface area contributed by atoms with E-state index in [9.17, 15) is 8.42 Å². The molecule has 0 saturated carbocycles. The molecule has 0 unspecified atom stereocenters. The summed E-state index contributed by atoms with van der Waals surface area (Å²) in [7, 11) is -3.82. The van der Waals surface area contributed by atoms with E-state index in [1.165, 1.54) is 154 Å². The molecule has 0 bridgehead atoms. The largest absolute Gasteiger partial charge is 1.00 e. The first-order valence-corrected chi connectivity index (χ1v) is 18.0. The van der Waals surface area contributed by atoms with Crippen LogP contribution in [0.4, 0.5) is 0 Å². The second-order valence-corrected chi connectivity index (χ2v) is 12.5. The minimum absolute atomic E-state index is 0. The average Bonchev–Trinajstić information content (AvgIpc) is 2.88. The van der Waals surface area contributed by atoms with Crippen molar-refractivity contribution in [3.63, 3.8) is 0 Å². The van der Waals surface area contributed by atoms with Crippen LogP contribution >= 0.6 is 0 Å². The summed E-state index contributed by atoms with van der Waals surface area (Å²) < 4.78 is 33.7. The van der Waals surface area contributed by atoms with Crippen LogP contribution in [0.2, 0.25) is 0 Å². The molecule has 228 valence electrons. The molecular weight excluding hydrogens is 526 g/mol. The Morgan fingerprint density at radius 3 is 0.744 bits per heavy atom. The Balaban J connectivity index is -0.00000108. The Morgan fingerprint density at radius 1 is 0.359 bits per heavy atom. The van der Waals surface area contributed by atoms with Crippen molar-refractivity contribution < 1.29 is 78.8 Å². The van der Waals surface area contributed by atoms with Crippen molar-refractivity contribution in [2.75, 3.05) is 13.2 Å². The van der Waals surface area contributed by atoms with Gasteiger partial charge in [-0.05, 0) is 12.8 Å². The fourth-order valence-corrected chi connectivity index (χ4v) is 5.66. The molecule has 0 saturated heterocycles. The number of unbranched alkanes of at least 4 members (excludes halogenated alkanes) is 26. The number of hydrogen-bond donors (Lipinski definition) is 0. The van der Waals surface area contributed by atoms with Crippen molar-refractivity contribution >= 4 is 10.4 Å². The van der Waals surface area contributed by atoms with E-state index in [0.29, 0.717) is 0 Å². The first-order chi connectivity index (χ1) is 18.1. The van der Waals surface area contributed by atoms with E-state index in [1.807, 2.05) is 0 Å². The molecule has 0 aromatic carbocycles. The second-order valence-electron chi connectivity index (χ2n) is 11.2. The van der Waals surface area contributed by atoms with Gasteiger partial charge in [0.1, 0.15) is 0 Å². The number of hydrogen-bond acceptors (Lipinski definition) is 4. The minimum atomic E-state index is -3.82. The van der Waals surface area contributed by atoms with Gasteiger partial charge in [-0.15, -0.1) is 0 Å². The summed E-state index contributed by atoms with van der Waals surface area (Å²) in [6.45, 7) is 5.03. The van der Waals surface area contributed by atoms with Crippen molar-refractivity contribution in [1.82, 2.24) is 0 Å². The van der Waals surface area contributed by atoms with Crippen molar-refractivity contribution in [3.05, 3.63) is 0 Å². The molecule has 0 aliphatic heterocycles. The molecule has 0 aromatic rings. The van der Waals surface area contributed by atoms with Gasteiger partial charge in [-0.1, -0.05) is 181 Å². The topological polar surface area (TPSA) is 52.6 Å². The second kappa shape index (κ2) is 37.9. The normalized spacial score (nSPS) is 11.3. The molecule has 0 aromatic heterocycles. The maximum atomic E-state index is 11.8. The van der Waals surface area contributed by atoms with Gasteiger partial charge in [0, 0.05) is 0 Å². The van der Waals surface area contributed by atoms with Crippen molar-refractivity contribution in [2.24, 2.45) is 0 Å². The maximum Gasteiger partial charge on any atom is 1.00 e. The van der Waals surface area contributed by atoms with E-state index >= 15 is 0 Å². The predicted octanol–water partition coefficient (Wildman–Crippen LogP) is 5.46. The fraction of sp³-hybridized carbons (Fsp3) is 1.00. The van der Waals surface area contributed by atoms with E-state index in [-0.39, 0.29) is 75.2 Å². The predicted molar refractivity (Wildman–Crippen MR) is 164 cm³/mol. The van der Waals surface area contributed by atoms with Gasteiger partial charge >= 0.3 is 69.5 Å². The Labute approximate surface area is 293 Å². The maximum absolute atomic E-state index is 11.8. The van der Waals surface area contributed by atoms with Crippen LogP contribution in [0.5, 0.6) is 0 Å². The summed E-state index contributed by atoms with van der Waals surface area (Å²) in [5, 5.41) is 0. The molecule has 0 fully saturated rings. The van der Waals surface area contributed by atoms with Gasteiger partial charge in [0.25, 0.3) is 0 Å². The zero-order valence-electron chi connectivity index (χ0n) is 29.3. The van der Waals surface area contributed by atoms with E-state index in [4.69, 9.17) is 8.37 Å². The number of rotatable bonds is 32. The third-order valence-electron chi connectivity index (χ3n) is 7.45. The SMILES string of the molecule is CCCCCCCCCCCCCCCCCCOS(=O)(=O)OCCCCCCCCCCCCCC.[H-].[H-].[Na+].[Na+]. The van der Waals surface area contributed by atoms with Crippen LogP contribution in [0.25, 0.3) is 0 Å². The summed E-state index contributed by atoms with van der Waals surface area (Å²) >= 11 is 0. The summed E-state index contributed by atoms with van der Waals surface area (Å²) in [4.78, 5) is 0. The molecule has 0 heterocycles. The third-order valence-corrected chi connectivity index (χ3v) is 8.36. The van der Waals surface area contributed by atoms with E-state index in [2.05, 4.69) is 13.8 Å². The zero-order chi connectivity index (χ0) is 27.1. The molecule has 0 aliphatic carbocycles. The summed E-state index contributed by atoms with van der Waals surface area (Å²) in [6.07, 6.45) is 36.0. The van der Waals surface area contributed by atoms with Crippen LogP contribution < -0.4 is 59.1 Å². The van der Waals surface area contributed by atoms with Crippen LogP contribution in [-0.2, 0) is 18.8 Å². The fourth-order valence-electron chi connectivity index (χ4n) is 4.95. The van der Waals surface area contributed by atoms with Crippen LogP contribution in [0.15, 0.2) is 0 Å². The minimum Gasteiger partial charge on any atom is -1.00 e. The van der Waals surface area contributed by atoms with Crippen molar-refractivity contribution in [2.45, 2.75) is 194 Å². The van der Waals surface area contributed by atoms with Gasteiger partial charge in [0.2, 0.25) is 0 Å². The van der Waals surface area contributed by atoms with Gasteiger partial charge in [-0.25, -0.2) is 8.37 Å². The van der Waals surface area contributed by atoms with Crippen LogP contribution in [-0.4, -0.2) is 21.6 Å². The first-order valence-electron chi connectivity index (χ1n) is 16.7. The monoisotopic (exact) mass is 594 g/mol. The molecule has 4 nitrogen and oxygen atoms in total. The molecule has 39 heavy (non-hydrogen) atoms. The van der Waals surface area contributed by atoms with Gasteiger partial charge in [0.15, 0.2) is 0 Å². The van der Waals surface area contributed by atoms with Crippen molar-refractivity contribution in [1.29, 1.82) is 0 Å². The molecule has 0 amide bonds. The van der Waals surface area contributed by atoms with Crippen LogP contribution in [0, 0.1) is 0 Å². The van der Waals surface area contributed by atoms with E-state index in [0.717, 1.165) is 25.7 Å². The molecule has 0 N–H and O–H groups in total. The van der Waals surface area contributed by atoms with Crippen molar-refractivity contribution in [3.8, 4) is 0 Å². The molecule has 0 rings (SSSR count). The molecule has 0 atom stereocenters. The molecular formula is C32H68Na2O4S. The zero-order valence-corrected chi connectivity index (χ0v) is 32.1. The van der Waals surface area contributed by atoms with Crippen LogP contribution in [0.1, 0.15) is 196 Å². The summed E-state index contributed by atoms with van der Waals surface area (Å²) in [6, 6.07) is 0. The van der Waals surface area contributed by atoms with E-state index < -0.39 is 10.4 Å². The molecule has 0 aliphatic rings. The Morgan fingerprint density at radius 2 is 0.538 bits per heavy atom. The van der Waals surface area contributed by atoms with Gasteiger partial charge in [-0.2, -0.15) is 8.42 Å². The summed E-state index contributed by atoms with van der Waals surface area (Å²) in [5.41, 5.74) is 0. The Kier molecular flexibility index (Phi) is 44.0. The Hall–Kier alpha value is 1.87. The van der Waals surface area contributed by atoms with Gasteiger partial charge < -0.3 is 2.85 Å². The molecule has 7 heteroatoms. The molecule has 0 spiro atoms. The smallest absolute Gasteiger partial charge is 1.00 e. The standard InChI is InChI=1S/C32H66O4S.2Na.2H/c1-3-5-7-9-11-13-15-17-18-19-20-22-24-26-28-30-32-36-37(33,34)35-31-29-27-25-23-21-16-14-12-10-8-6-4-2;;;;/h3-32H2,1-2H3;;;;/q;2*+1;2*-1. The quantitative estimate of drug-likeness (QED) is 0.0767. The first kappa shape index (κ1) is 45.3. The van der Waals surface area contributed by atoms with Gasteiger partial charge in [-0.3, -0.25) is 0 Å².